The van der Waals surface area contributed by atoms with Gasteiger partial charge in [0.2, 0.25) is 11.8 Å². The van der Waals surface area contributed by atoms with Gasteiger partial charge in [-0.3, -0.25) is 14.3 Å². The Hall–Kier alpha value is -3.55. The maximum absolute atomic E-state index is 14.1. The van der Waals surface area contributed by atoms with Crippen molar-refractivity contribution in [3.8, 4) is 0 Å². The Morgan fingerprint density at radius 3 is 2.41 bits per heavy atom. The fourth-order valence-electron chi connectivity index (χ4n) is 5.66. The van der Waals surface area contributed by atoms with Crippen molar-refractivity contribution in [2.45, 2.75) is 82.9 Å². The molecule has 3 N–H and O–H groups in total. The molecule has 2 aliphatic carbocycles. The fraction of sp³-hybridized carbons (Fsp3) is 0.593. The topological polar surface area (TPSA) is 129 Å². The van der Waals surface area contributed by atoms with Gasteiger partial charge in [0.25, 0.3) is 5.91 Å². The van der Waals surface area contributed by atoms with Crippen LogP contribution in [0.5, 0.6) is 0 Å². The standard InChI is InChI=1S/C27H33F4N7O3/c1-14(2)38-20(25(32)40)10-18(36-38)23(15-5-7-27(30,31)8-6-15)19-12-37-21(34-19)9-17(11-33-37)24(16-3-4-16)35-22(39)13-41-26(28)29/h9-12,14-16,23-24,26H,3-8,13H2,1-2H3,(H2,32,40)(H,35,39)/t23-,24-/m1/s1. The van der Waals surface area contributed by atoms with Gasteiger partial charge in [0, 0.05) is 24.8 Å². The molecule has 3 heterocycles. The number of carbonyl (C=O) groups excluding carboxylic acids is 2. The number of nitrogens with two attached hydrogens (primary N) is 1. The van der Waals surface area contributed by atoms with Gasteiger partial charge in [-0.1, -0.05) is 0 Å². The first-order valence-corrected chi connectivity index (χ1v) is 13.7. The first kappa shape index (κ1) is 29.0. The van der Waals surface area contributed by atoms with E-state index in [1.165, 1.54) is 4.68 Å². The molecular formula is C27H33F4N7O3. The number of alkyl halides is 4. The second kappa shape index (κ2) is 11.4. The van der Waals surface area contributed by atoms with E-state index in [-0.39, 0.29) is 49.3 Å². The Balaban J connectivity index is 1.49. The number of aromatic nitrogens is 5. The van der Waals surface area contributed by atoms with Gasteiger partial charge < -0.3 is 15.8 Å². The second-order valence-corrected chi connectivity index (χ2v) is 11.2. The first-order chi connectivity index (χ1) is 19.4. The molecule has 0 unspecified atom stereocenters. The third-order valence-corrected chi connectivity index (χ3v) is 7.84. The maximum Gasteiger partial charge on any atom is 0.345 e. The lowest BCUT2D eigenvalue weighted by molar-refractivity contribution is -0.152. The number of primary amides is 1. The Morgan fingerprint density at radius 1 is 1.12 bits per heavy atom. The normalized spacial score (nSPS) is 19.1. The summed E-state index contributed by atoms with van der Waals surface area (Å²) >= 11 is 0. The third kappa shape index (κ3) is 6.52. The lowest BCUT2D eigenvalue weighted by atomic mass is 9.76. The summed E-state index contributed by atoms with van der Waals surface area (Å²) in [5.41, 5.74) is 8.06. The largest absolute Gasteiger partial charge is 0.364 e. The summed E-state index contributed by atoms with van der Waals surface area (Å²) in [5, 5.41) is 11.9. The number of amides is 2. The van der Waals surface area contributed by atoms with Crippen LogP contribution in [0.15, 0.2) is 24.5 Å². The van der Waals surface area contributed by atoms with Crippen LogP contribution in [0.2, 0.25) is 0 Å². The summed E-state index contributed by atoms with van der Waals surface area (Å²) in [6.07, 6.45) is 5.02. The Morgan fingerprint density at radius 2 is 1.83 bits per heavy atom. The van der Waals surface area contributed by atoms with Crippen LogP contribution in [0.1, 0.15) is 97.8 Å². The highest BCUT2D eigenvalue weighted by molar-refractivity contribution is 5.91. The summed E-state index contributed by atoms with van der Waals surface area (Å²) in [6.45, 7) is -0.0759. The van der Waals surface area contributed by atoms with Gasteiger partial charge in [-0.25, -0.2) is 18.3 Å². The highest BCUT2D eigenvalue weighted by Crippen LogP contribution is 2.45. The van der Waals surface area contributed by atoms with Crippen molar-refractivity contribution in [1.82, 2.24) is 29.7 Å². The van der Waals surface area contributed by atoms with E-state index in [1.54, 1.807) is 29.0 Å². The molecule has 10 nitrogen and oxygen atoms in total. The number of halogens is 4. The number of nitrogens with zero attached hydrogens (tertiary/aromatic N) is 5. The van der Waals surface area contributed by atoms with Crippen LogP contribution in [0.25, 0.3) is 5.65 Å². The average molecular weight is 580 g/mol. The molecule has 14 heteroatoms. The van der Waals surface area contributed by atoms with E-state index in [2.05, 4.69) is 20.3 Å². The van der Waals surface area contributed by atoms with Crippen molar-refractivity contribution in [2.75, 3.05) is 6.61 Å². The van der Waals surface area contributed by atoms with E-state index < -0.39 is 42.9 Å². The van der Waals surface area contributed by atoms with Crippen LogP contribution >= 0.6 is 0 Å². The van der Waals surface area contributed by atoms with Crippen molar-refractivity contribution in [3.05, 3.63) is 47.2 Å². The van der Waals surface area contributed by atoms with Crippen molar-refractivity contribution in [3.63, 3.8) is 0 Å². The number of imidazole rings is 1. The summed E-state index contributed by atoms with van der Waals surface area (Å²) in [6, 6.07) is 2.77. The van der Waals surface area contributed by atoms with E-state index in [0.29, 0.717) is 22.6 Å². The zero-order valence-corrected chi connectivity index (χ0v) is 22.8. The highest BCUT2D eigenvalue weighted by atomic mass is 19.3. The quantitative estimate of drug-likeness (QED) is 0.325. The molecule has 2 amide bonds. The van der Waals surface area contributed by atoms with Gasteiger partial charge >= 0.3 is 6.61 Å². The number of nitrogens with one attached hydrogen (secondary N) is 1. The van der Waals surface area contributed by atoms with E-state index in [1.807, 2.05) is 13.8 Å². The van der Waals surface area contributed by atoms with Gasteiger partial charge in [0.1, 0.15) is 12.3 Å². The van der Waals surface area contributed by atoms with Crippen molar-refractivity contribution >= 4 is 17.5 Å². The molecule has 5 rings (SSSR count). The molecule has 2 atom stereocenters. The van der Waals surface area contributed by atoms with Gasteiger partial charge in [0.15, 0.2) is 5.65 Å². The minimum absolute atomic E-state index is 0.132. The van der Waals surface area contributed by atoms with E-state index in [4.69, 9.17) is 10.7 Å². The molecule has 0 aliphatic heterocycles. The van der Waals surface area contributed by atoms with Crippen LogP contribution in [0.3, 0.4) is 0 Å². The molecule has 222 valence electrons. The van der Waals surface area contributed by atoms with Crippen LogP contribution in [-0.2, 0) is 9.53 Å². The smallest absolute Gasteiger partial charge is 0.345 e. The predicted molar refractivity (Wildman–Crippen MR) is 138 cm³/mol. The molecule has 0 aromatic carbocycles. The van der Waals surface area contributed by atoms with Crippen molar-refractivity contribution < 1.29 is 31.9 Å². The molecule has 3 aromatic rings. The van der Waals surface area contributed by atoms with Crippen LogP contribution in [0, 0.1) is 11.8 Å². The molecule has 2 fully saturated rings. The van der Waals surface area contributed by atoms with Crippen LogP contribution in [-0.4, -0.2) is 55.3 Å². The average Bonchev–Trinajstić information content (AvgIpc) is 3.50. The lowest BCUT2D eigenvalue weighted by Crippen LogP contribution is -2.33. The minimum Gasteiger partial charge on any atom is -0.364 e. The molecule has 0 spiro atoms. The molecule has 2 saturated carbocycles. The predicted octanol–water partition coefficient (Wildman–Crippen LogP) is 4.37. The lowest BCUT2D eigenvalue weighted by Gasteiger charge is -2.32. The van der Waals surface area contributed by atoms with Crippen molar-refractivity contribution in [1.29, 1.82) is 0 Å². The minimum atomic E-state index is -3.05. The molecule has 3 aromatic heterocycles. The molecule has 0 saturated heterocycles. The monoisotopic (exact) mass is 579 g/mol. The summed E-state index contributed by atoms with van der Waals surface area (Å²) in [4.78, 5) is 29.2. The van der Waals surface area contributed by atoms with E-state index >= 15 is 0 Å². The fourth-order valence-corrected chi connectivity index (χ4v) is 5.66. The zero-order valence-electron chi connectivity index (χ0n) is 22.8. The van der Waals surface area contributed by atoms with Crippen LogP contribution in [0.4, 0.5) is 17.6 Å². The second-order valence-electron chi connectivity index (χ2n) is 11.2. The Bertz CT molecular complexity index is 1410. The molecule has 0 bridgehead atoms. The molecule has 2 aliphatic rings. The van der Waals surface area contributed by atoms with E-state index in [0.717, 1.165) is 12.8 Å². The van der Waals surface area contributed by atoms with Crippen LogP contribution < -0.4 is 11.1 Å². The summed E-state index contributed by atoms with van der Waals surface area (Å²) in [5.74, 6) is -4.59. The number of hydrogen-bond donors (Lipinski definition) is 2. The SMILES string of the molecule is CC(C)n1nc([C@H](c2cn3ncc([C@H](NC(=O)COC(F)F)C4CC4)cc3n2)C2CCC(F)(F)CC2)cc1C(N)=O. The molecule has 0 radical (unpaired) electrons. The number of ether oxygens (including phenoxy) is 1. The first-order valence-electron chi connectivity index (χ1n) is 13.7. The molecule has 41 heavy (non-hydrogen) atoms. The maximum atomic E-state index is 14.1. The Labute approximate surface area is 233 Å². The van der Waals surface area contributed by atoms with E-state index in [9.17, 15) is 27.2 Å². The number of fused-ring (bicyclic) bond motifs is 1. The zero-order chi connectivity index (χ0) is 29.5. The summed E-state index contributed by atoms with van der Waals surface area (Å²) < 4.78 is 60.1. The number of hydrogen-bond acceptors (Lipinski definition) is 6. The van der Waals surface area contributed by atoms with Gasteiger partial charge in [-0.15, -0.1) is 0 Å². The number of rotatable bonds is 11. The van der Waals surface area contributed by atoms with Gasteiger partial charge in [-0.2, -0.15) is 19.0 Å². The summed E-state index contributed by atoms with van der Waals surface area (Å²) in [7, 11) is 0. The van der Waals surface area contributed by atoms with Gasteiger partial charge in [-0.05, 0) is 69.1 Å². The highest BCUT2D eigenvalue weighted by Gasteiger charge is 2.41. The Kier molecular flexibility index (Phi) is 8.04. The number of carbonyl (C=O) groups is 2. The van der Waals surface area contributed by atoms with Crippen molar-refractivity contribution in [2.24, 2.45) is 17.6 Å². The third-order valence-electron chi connectivity index (χ3n) is 7.84. The molecular weight excluding hydrogens is 546 g/mol. The van der Waals surface area contributed by atoms with Gasteiger partial charge in [0.05, 0.1) is 29.8 Å².